The van der Waals surface area contributed by atoms with Crippen molar-refractivity contribution in [3.63, 3.8) is 0 Å². The van der Waals surface area contributed by atoms with E-state index in [1.807, 2.05) is 0 Å². The zero-order valence-electron chi connectivity index (χ0n) is 11.0. The Balaban J connectivity index is 0.00000180. The lowest BCUT2D eigenvalue weighted by molar-refractivity contribution is -0.122. The number of hydrogen-bond acceptors (Lipinski definition) is 4. The molecule has 0 aromatic carbocycles. The van der Waals surface area contributed by atoms with E-state index in [9.17, 15) is 4.79 Å². The van der Waals surface area contributed by atoms with Gasteiger partial charge in [-0.3, -0.25) is 9.48 Å². The van der Waals surface area contributed by atoms with E-state index in [0.29, 0.717) is 25.4 Å². The zero-order valence-corrected chi connectivity index (χ0v) is 11.8. The fraction of sp³-hybridized carbons (Fsp3) is 0.750. The van der Waals surface area contributed by atoms with E-state index in [0.717, 1.165) is 12.8 Å². The lowest BCUT2D eigenvalue weighted by Gasteiger charge is -2.31. The number of carbonyl (C=O) groups is 1. The summed E-state index contributed by atoms with van der Waals surface area (Å²) < 4.78 is 1.67. The Bertz CT molecular complexity index is 370. The summed E-state index contributed by atoms with van der Waals surface area (Å²) in [6, 6.07) is 0.256. The van der Waals surface area contributed by atoms with E-state index in [-0.39, 0.29) is 24.4 Å². The summed E-state index contributed by atoms with van der Waals surface area (Å²) in [7, 11) is 0. The van der Waals surface area contributed by atoms with E-state index in [2.05, 4.69) is 15.4 Å². The van der Waals surface area contributed by atoms with E-state index in [1.165, 1.54) is 19.2 Å². The normalized spacial score (nSPS) is 22.6. The molecule has 7 heteroatoms. The van der Waals surface area contributed by atoms with Crippen LogP contribution in [-0.2, 0) is 11.3 Å². The molecule has 19 heavy (non-hydrogen) atoms. The zero-order chi connectivity index (χ0) is 12.8. The van der Waals surface area contributed by atoms with Crippen molar-refractivity contribution in [2.24, 2.45) is 11.7 Å². The van der Waals surface area contributed by atoms with Crippen LogP contribution in [0, 0.1) is 5.92 Å². The second-order valence-electron chi connectivity index (χ2n) is 4.86. The summed E-state index contributed by atoms with van der Waals surface area (Å²) in [4.78, 5) is 15.7. The number of nitrogens with two attached hydrogens (primary N) is 1. The molecule has 1 amide bonds. The van der Waals surface area contributed by atoms with E-state index in [4.69, 9.17) is 5.73 Å². The van der Waals surface area contributed by atoms with Crippen LogP contribution in [0.5, 0.6) is 0 Å². The maximum Gasteiger partial charge on any atom is 0.222 e. The van der Waals surface area contributed by atoms with Crippen molar-refractivity contribution >= 4 is 18.3 Å². The summed E-state index contributed by atoms with van der Waals surface area (Å²) in [5.74, 6) is 0.518. The van der Waals surface area contributed by atoms with Gasteiger partial charge >= 0.3 is 0 Å². The molecule has 3 N–H and O–H groups in total. The lowest BCUT2D eigenvalue weighted by Crippen LogP contribution is -2.44. The first-order chi connectivity index (χ1) is 8.79. The minimum atomic E-state index is 0. The summed E-state index contributed by atoms with van der Waals surface area (Å²) in [6.07, 6.45) is 8.14. The third-order valence-electron chi connectivity index (χ3n) is 3.59. The number of halogens is 1. The highest BCUT2D eigenvalue weighted by atomic mass is 35.5. The Kier molecular flexibility index (Phi) is 6.80. The molecule has 108 valence electrons. The second-order valence-corrected chi connectivity index (χ2v) is 4.86. The van der Waals surface area contributed by atoms with Crippen molar-refractivity contribution in [2.45, 2.75) is 44.7 Å². The molecule has 1 aliphatic rings. The van der Waals surface area contributed by atoms with Gasteiger partial charge < -0.3 is 11.1 Å². The van der Waals surface area contributed by atoms with Crippen molar-refractivity contribution in [1.82, 2.24) is 20.1 Å². The fourth-order valence-corrected chi connectivity index (χ4v) is 2.52. The van der Waals surface area contributed by atoms with Crippen LogP contribution in [0.2, 0.25) is 0 Å². The fourth-order valence-electron chi connectivity index (χ4n) is 2.52. The number of aryl methyl sites for hydroxylation is 1. The van der Waals surface area contributed by atoms with Gasteiger partial charge in [0.25, 0.3) is 0 Å². The number of hydrogen-bond donors (Lipinski definition) is 2. The molecule has 0 saturated heterocycles. The molecule has 2 rings (SSSR count). The highest BCUT2D eigenvalue weighted by Crippen LogP contribution is 2.23. The minimum absolute atomic E-state index is 0. The number of nitrogens with one attached hydrogen (secondary N) is 1. The van der Waals surface area contributed by atoms with Gasteiger partial charge in [0.1, 0.15) is 12.7 Å². The Morgan fingerprint density at radius 1 is 1.42 bits per heavy atom. The molecule has 0 radical (unpaired) electrons. The van der Waals surface area contributed by atoms with Gasteiger partial charge in [-0.1, -0.05) is 12.8 Å². The van der Waals surface area contributed by atoms with Gasteiger partial charge in [0.15, 0.2) is 0 Å². The van der Waals surface area contributed by atoms with Crippen LogP contribution in [0.25, 0.3) is 0 Å². The lowest BCUT2D eigenvalue weighted by atomic mass is 9.84. The number of aromatic nitrogens is 3. The molecule has 6 nitrogen and oxygen atoms in total. The monoisotopic (exact) mass is 287 g/mol. The molecule has 1 saturated carbocycles. The van der Waals surface area contributed by atoms with Crippen molar-refractivity contribution in [2.75, 3.05) is 6.54 Å². The van der Waals surface area contributed by atoms with Crippen molar-refractivity contribution < 1.29 is 4.79 Å². The standard InChI is InChI=1S/C12H21N5O.ClH/c13-7-10-3-1-2-4-11(10)16-12(18)5-6-17-9-14-8-15-17;/h8-11H,1-7,13H2,(H,16,18);1H. The first kappa shape index (κ1) is 15.9. The van der Waals surface area contributed by atoms with E-state index in [1.54, 1.807) is 11.0 Å². The third kappa shape index (κ3) is 4.80. The summed E-state index contributed by atoms with van der Waals surface area (Å²) in [6.45, 7) is 1.24. The van der Waals surface area contributed by atoms with E-state index >= 15 is 0 Å². The summed E-state index contributed by atoms with van der Waals surface area (Å²) in [5.41, 5.74) is 5.75. The quantitative estimate of drug-likeness (QED) is 0.836. The predicted octanol–water partition coefficient (Wildman–Crippen LogP) is 0.724. The second kappa shape index (κ2) is 8.12. The highest BCUT2D eigenvalue weighted by Gasteiger charge is 2.24. The van der Waals surface area contributed by atoms with Crippen molar-refractivity contribution in [1.29, 1.82) is 0 Å². The molecule has 0 bridgehead atoms. The number of nitrogens with zero attached hydrogens (tertiary/aromatic N) is 3. The maximum atomic E-state index is 11.9. The third-order valence-corrected chi connectivity index (χ3v) is 3.59. The van der Waals surface area contributed by atoms with Gasteiger partial charge in [-0.2, -0.15) is 5.10 Å². The first-order valence-electron chi connectivity index (χ1n) is 6.61. The molecule has 0 spiro atoms. The SMILES string of the molecule is Cl.NCC1CCCCC1NC(=O)CCn1cncn1. The molecule has 0 aliphatic heterocycles. The molecular weight excluding hydrogens is 266 g/mol. The summed E-state index contributed by atoms with van der Waals surface area (Å²) >= 11 is 0. The van der Waals surface area contributed by atoms with Gasteiger partial charge in [0, 0.05) is 12.5 Å². The number of amides is 1. The Hall–Kier alpha value is -1.14. The largest absolute Gasteiger partial charge is 0.353 e. The molecule has 1 aromatic heterocycles. The minimum Gasteiger partial charge on any atom is -0.353 e. The molecule has 2 unspecified atom stereocenters. The number of carbonyl (C=O) groups excluding carboxylic acids is 1. The molecule has 1 aromatic rings. The Morgan fingerprint density at radius 2 is 2.21 bits per heavy atom. The van der Waals surface area contributed by atoms with Crippen LogP contribution in [0.15, 0.2) is 12.7 Å². The van der Waals surface area contributed by atoms with Gasteiger partial charge in [0.2, 0.25) is 5.91 Å². The molecule has 2 atom stereocenters. The van der Waals surface area contributed by atoms with Gasteiger partial charge in [-0.05, 0) is 25.3 Å². The van der Waals surface area contributed by atoms with Gasteiger partial charge in [0.05, 0.1) is 6.54 Å². The maximum absolute atomic E-state index is 11.9. The molecular formula is C12H22ClN5O. The average Bonchev–Trinajstić information content (AvgIpc) is 2.90. The van der Waals surface area contributed by atoms with Gasteiger partial charge in [-0.25, -0.2) is 4.98 Å². The predicted molar refractivity (Wildman–Crippen MR) is 74.8 cm³/mol. The molecule has 1 aliphatic carbocycles. The highest BCUT2D eigenvalue weighted by molar-refractivity contribution is 5.85. The van der Waals surface area contributed by atoms with Crippen LogP contribution in [0.3, 0.4) is 0 Å². The molecule has 1 fully saturated rings. The Morgan fingerprint density at radius 3 is 2.89 bits per heavy atom. The van der Waals surface area contributed by atoms with Crippen LogP contribution in [0.1, 0.15) is 32.1 Å². The average molecular weight is 288 g/mol. The van der Waals surface area contributed by atoms with Crippen LogP contribution in [-0.4, -0.2) is 33.3 Å². The van der Waals surface area contributed by atoms with E-state index < -0.39 is 0 Å². The number of rotatable bonds is 5. The van der Waals surface area contributed by atoms with Gasteiger partial charge in [-0.15, -0.1) is 12.4 Å². The Labute approximate surface area is 119 Å². The molecule has 1 heterocycles. The van der Waals surface area contributed by atoms with Crippen LogP contribution in [0.4, 0.5) is 0 Å². The topological polar surface area (TPSA) is 85.8 Å². The van der Waals surface area contributed by atoms with Crippen LogP contribution < -0.4 is 11.1 Å². The smallest absolute Gasteiger partial charge is 0.222 e. The summed E-state index contributed by atoms with van der Waals surface area (Å²) in [5, 5.41) is 7.07. The first-order valence-corrected chi connectivity index (χ1v) is 6.61. The van der Waals surface area contributed by atoms with Crippen LogP contribution >= 0.6 is 12.4 Å². The van der Waals surface area contributed by atoms with Crippen molar-refractivity contribution in [3.8, 4) is 0 Å². The van der Waals surface area contributed by atoms with Crippen molar-refractivity contribution in [3.05, 3.63) is 12.7 Å².